The number of nitrogen functional groups attached to an aromatic ring is 1. The summed E-state index contributed by atoms with van der Waals surface area (Å²) >= 11 is 5.92. The molecule has 0 fully saturated rings. The average Bonchev–Trinajstić information content (AvgIpc) is 2.74. The van der Waals surface area contributed by atoms with Gasteiger partial charge < -0.3 is 5.73 Å². The van der Waals surface area contributed by atoms with E-state index in [1.54, 1.807) is 0 Å². The Kier molecular flexibility index (Phi) is 4.87. The number of nitriles is 1. The number of nitrogens with two attached hydrogens (primary N) is 1. The number of benzene rings is 1. The first-order chi connectivity index (χ1) is 14.7. The molecule has 0 saturated heterocycles. The van der Waals surface area contributed by atoms with Gasteiger partial charge in [-0.1, -0.05) is 11.6 Å². The second-order valence-electron chi connectivity index (χ2n) is 6.51. The predicted molar refractivity (Wildman–Crippen MR) is 110 cm³/mol. The van der Waals surface area contributed by atoms with Gasteiger partial charge in [-0.05, 0) is 54.1 Å². The Morgan fingerprint density at radius 3 is 2.45 bits per heavy atom. The molecule has 0 aliphatic carbocycles. The summed E-state index contributed by atoms with van der Waals surface area (Å²) in [5.41, 5.74) is 4.67. The number of aromatic nitrogens is 3. The lowest BCUT2D eigenvalue weighted by Gasteiger charge is -2.17. The summed E-state index contributed by atoms with van der Waals surface area (Å²) in [5, 5.41) is 9.66. The first-order valence-corrected chi connectivity index (χ1v) is 9.13. The lowest BCUT2D eigenvalue weighted by molar-refractivity contribution is -0.141. The molecule has 0 atom stereocenters. The van der Waals surface area contributed by atoms with Crippen molar-refractivity contribution in [2.45, 2.75) is 6.18 Å². The number of pyridine rings is 3. The fraction of sp³-hybridized carbons (Fsp3) is 0.0476. The molecule has 10 heteroatoms. The summed E-state index contributed by atoms with van der Waals surface area (Å²) in [5.74, 6) is 0. The Bertz CT molecular complexity index is 1420. The van der Waals surface area contributed by atoms with Gasteiger partial charge in [-0.3, -0.25) is 9.36 Å². The van der Waals surface area contributed by atoms with Crippen molar-refractivity contribution in [2.24, 2.45) is 0 Å². The highest BCUT2D eigenvalue weighted by atomic mass is 35.5. The normalized spacial score (nSPS) is 11.5. The van der Waals surface area contributed by atoms with Gasteiger partial charge in [0.15, 0.2) is 0 Å². The zero-order chi connectivity index (χ0) is 22.3. The second kappa shape index (κ2) is 7.41. The molecule has 4 rings (SSSR count). The van der Waals surface area contributed by atoms with Crippen molar-refractivity contribution in [3.05, 3.63) is 81.5 Å². The van der Waals surface area contributed by atoms with Crippen molar-refractivity contribution in [3.63, 3.8) is 0 Å². The lowest BCUT2D eigenvalue weighted by atomic mass is 10.0. The Labute approximate surface area is 178 Å². The molecule has 2 N–H and O–H groups in total. The van der Waals surface area contributed by atoms with Crippen LogP contribution in [0.2, 0.25) is 5.02 Å². The van der Waals surface area contributed by atoms with E-state index in [4.69, 9.17) is 22.6 Å². The molecule has 0 unspecified atom stereocenters. The lowest BCUT2D eigenvalue weighted by Crippen LogP contribution is -2.24. The molecule has 0 amide bonds. The molecule has 0 radical (unpaired) electrons. The third-order valence-corrected chi connectivity index (χ3v) is 4.85. The fourth-order valence-corrected chi connectivity index (χ4v) is 3.33. The van der Waals surface area contributed by atoms with Crippen LogP contribution in [0.3, 0.4) is 0 Å². The molecule has 31 heavy (non-hydrogen) atoms. The molecule has 154 valence electrons. The monoisotopic (exact) mass is 441 g/mol. The maximum absolute atomic E-state index is 13.5. The molecule has 0 aliphatic rings. The van der Waals surface area contributed by atoms with Crippen molar-refractivity contribution < 1.29 is 13.2 Å². The highest BCUT2D eigenvalue weighted by Gasteiger charge is 2.33. The van der Waals surface area contributed by atoms with E-state index in [1.165, 1.54) is 48.7 Å². The summed E-state index contributed by atoms with van der Waals surface area (Å²) in [7, 11) is 0. The van der Waals surface area contributed by atoms with Crippen molar-refractivity contribution >= 4 is 28.3 Å². The number of rotatable bonds is 2. The van der Waals surface area contributed by atoms with Crippen LogP contribution in [0.15, 0.2) is 59.5 Å². The van der Waals surface area contributed by atoms with Crippen LogP contribution >= 0.6 is 11.6 Å². The highest BCUT2D eigenvalue weighted by molar-refractivity contribution is 6.30. The van der Waals surface area contributed by atoms with Gasteiger partial charge in [0.2, 0.25) is 0 Å². The second-order valence-corrected chi connectivity index (χ2v) is 6.95. The van der Waals surface area contributed by atoms with Gasteiger partial charge in [-0.25, -0.2) is 9.97 Å². The minimum absolute atomic E-state index is 0.0166. The van der Waals surface area contributed by atoms with Crippen LogP contribution in [0.5, 0.6) is 0 Å². The van der Waals surface area contributed by atoms with E-state index in [2.05, 4.69) is 9.97 Å². The minimum Gasteiger partial charge on any atom is -0.397 e. The van der Waals surface area contributed by atoms with E-state index >= 15 is 0 Å². The van der Waals surface area contributed by atoms with Gasteiger partial charge in [0, 0.05) is 16.6 Å². The number of fused-ring (bicyclic) bond motifs is 1. The largest absolute Gasteiger partial charge is 0.433 e. The van der Waals surface area contributed by atoms with Crippen molar-refractivity contribution in [3.8, 4) is 22.9 Å². The topological polar surface area (TPSA) is 97.6 Å². The first-order valence-electron chi connectivity index (χ1n) is 8.75. The molecule has 6 nitrogen and oxygen atoms in total. The molecular formula is C21H11ClF3N5O. The minimum atomic E-state index is -4.71. The van der Waals surface area contributed by atoms with E-state index < -0.39 is 17.4 Å². The number of hydrogen-bond donors (Lipinski definition) is 1. The van der Waals surface area contributed by atoms with E-state index in [-0.39, 0.29) is 33.7 Å². The predicted octanol–water partition coefficient (Wildman–Crippen LogP) is 4.57. The van der Waals surface area contributed by atoms with Crippen LogP contribution < -0.4 is 11.3 Å². The molecule has 0 bridgehead atoms. The third-order valence-electron chi connectivity index (χ3n) is 4.60. The van der Waals surface area contributed by atoms with Crippen molar-refractivity contribution in [1.82, 2.24) is 14.5 Å². The Balaban J connectivity index is 2.16. The number of hydrogen-bond acceptors (Lipinski definition) is 5. The maximum Gasteiger partial charge on any atom is 0.433 e. The van der Waals surface area contributed by atoms with Gasteiger partial charge in [0.05, 0.1) is 16.9 Å². The third kappa shape index (κ3) is 3.58. The molecular weight excluding hydrogens is 431 g/mol. The Hall–Kier alpha value is -3.90. The number of anilines is 1. The zero-order valence-corrected chi connectivity index (χ0v) is 16.2. The average molecular weight is 442 g/mol. The molecule has 4 aromatic rings. The van der Waals surface area contributed by atoms with Gasteiger partial charge in [-0.2, -0.15) is 18.4 Å². The van der Waals surface area contributed by atoms with Crippen LogP contribution in [0.1, 0.15) is 11.4 Å². The van der Waals surface area contributed by atoms with E-state index in [1.807, 2.05) is 6.07 Å². The van der Waals surface area contributed by atoms with Gasteiger partial charge >= 0.3 is 6.18 Å². The van der Waals surface area contributed by atoms with Crippen molar-refractivity contribution in [1.29, 1.82) is 5.26 Å². The molecule has 0 spiro atoms. The summed E-state index contributed by atoms with van der Waals surface area (Å²) in [6, 6.07) is 12.7. The van der Waals surface area contributed by atoms with Crippen molar-refractivity contribution in [2.75, 3.05) is 5.73 Å². The summed E-state index contributed by atoms with van der Waals surface area (Å²) < 4.78 is 40.9. The maximum atomic E-state index is 13.5. The SMILES string of the molecule is N#Cc1cc(-c2c(N)c3ccc(C(F)(F)F)nc3n(-c3ccc(Cl)cc3)c2=O)ccn1. The molecule has 3 aromatic heterocycles. The quantitative estimate of drug-likeness (QED) is 0.491. The standard InChI is InChI=1S/C21H11ClF3N5O/c22-12-1-3-14(4-2-12)30-19-15(5-6-16(29-19)21(23,24)25)18(27)17(20(30)31)11-7-8-28-13(9-11)10-26/h1-9H,27H2. The number of halogens is 4. The van der Waals surface area contributed by atoms with Gasteiger partial charge in [-0.15, -0.1) is 0 Å². The highest BCUT2D eigenvalue weighted by Crippen LogP contribution is 2.34. The molecule has 0 aliphatic heterocycles. The molecule has 3 heterocycles. The van der Waals surface area contributed by atoms with E-state index in [0.717, 1.165) is 10.6 Å². The van der Waals surface area contributed by atoms with Crippen LogP contribution in [0.4, 0.5) is 18.9 Å². The fourth-order valence-electron chi connectivity index (χ4n) is 3.20. The molecule has 1 aromatic carbocycles. The summed E-state index contributed by atoms with van der Waals surface area (Å²) in [6.07, 6.45) is -3.37. The van der Waals surface area contributed by atoms with Gasteiger partial charge in [0.25, 0.3) is 5.56 Å². The van der Waals surface area contributed by atoms with E-state index in [9.17, 15) is 18.0 Å². The van der Waals surface area contributed by atoms with Crippen LogP contribution in [-0.2, 0) is 6.18 Å². The Morgan fingerprint density at radius 1 is 1.10 bits per heavy atom. The number of alkyl halides is 3. The first kappa shape index (κ1) is 20.4. The van der Waals surface area contributed by atoms with Crippen LogP contribution in [0.25, 0.3) is 27.8 Å². The Morgan fingerprint density at radius 2 is 1.81 bits per heavy atom. The summed E-state index contributed by atoms with van der Waals surface area (Å²) in [4.78, 5) is 21.0. The smallest absolute Gasteiger partial charge is 0.397 e. The number of nitrogens with zero attached hydrogens (tertiary/aromatic N) is 4. The van der Waals surface area contributed by atoms with Crippen LogP contribution in [-0.4, -0.2) is 14.5 Å². The van der Waals surface area contributed by atoms with Gasteiger partial charge in [0.1, 0.15) is 23.1 Å². The zero-order valence-electron chi connectivity index (χ0n) is 15.5. The summed E-state index contributed by atoms with van der Waals surface area (Å²) in [6.45, 7) is 0. The van der Waals surface area contributed by atoms with Crippen LogP contribution in [0, 0.1) is 11.3 Å². The van der Waals surface area contributed by atoms with E-state index in [0.29, 0.717) is 10.6 Å². The molecule has 0 saturated carbocycles.